The lowest BCUT2D eigenvalue weighted by molar-refractivity contribution is -0.144. The van der Waals surface area contributed by atoms with Gasteiger partial charge in [-0.2, -0.15) is 0 Å². The van der Waals surface area contributed by atoms with Crippen LogP contribution in [0, 0.1) is 17.7 Å². The van der Waals surface area contributed by atoms with E-state index in [-0.39, 0.29) is 36.1 Å². The molecule has 1 heterocycles. The van der Waals surface area contributed by atoms with Gasteiger partial charge >= 0.3 is 0 Å². The fraction of sp³-hybridized carbons (Fsp3) is 0.586. The molecule has 0 N–H and O–H groups in total. The number of rotatable bonds is 11. The molecule has 1 aromatic carbocycles. The molecule has 2 aromatic rings. The van der Waals surface area contributed by atoms with Gasteiger partial charge in [-0.3, -0.25) is 9.59 Å². The van der Waals surface area contributed by atoms with Gasteiger partial charge in [-0.15, -0.1) is 0 Å². The molecule has 1 aliphatic rings. The molecule has 0 unspecified atom stereocenters. The quantitative estimate of drug-likeness (QED) is 0.401. The number of hydrogen-bond acceptors (Lipinski definition) is 2. The molecule has 1 aliphatic carbocycles. The monoisotopic (exact) mass is 483 g/mol. The SMILES string of the molecule is CC(C)CCN(CC(=O)N(Cc1cccn1Cc1ccc(F)cc1)C1CCCCC1)C(=O)C(C)C. The maximum atomic E-state index is 13.7. The number of nitrogens with zero attached hydrogens (tertiary/aromatic N) is 3. The maximum Gasteiger partial charge on any atom is 0.242 e. The number of amides is 2. The minimum atomic E-state index is -0.242. The Hall–Kier alpha value is -2.63. The Balaban J connectivity index is 1.79. The Morgan fingerprint density at radius 1 is 1.03 bits per heavy atom. The molecule has 6 heteroatoms. The molecule has 35 heavy (non-hydrogen) atoms. The number of halogens is 1. The van der Waals surface area contributed by atoms with Crippen molar-refractivity contribution in [2.24, 2.45) is 11.8 Å². The van der Waals surface area contributed by atoms with Crippen molar-refractivity contribution < 1.29 is 14.0 Å². The molecular weight excluding hydrogens is 441 g/mol. The van der Waals surface area contributed by atoms with Crippen molar-refractivity contribution in [3.63, 3.8) is 0 Å². The number of hydrogen-bond donors (Lipinski definition) is 0. The smallest absolute Gasteiger partial charge is 0.242 e. The molecular formula is C29H42FN3O2. The summed E-state index contributed by atoms with van der Waals surface area (Å²) in [7, 11) is 0. The molecule has 5 nitrogen and oxygen atoms in total. The molecule has 0 atom stereocenters. The molecule has 0 radical (unpaired) electrons. The van der Waals surface area contributed by atoms with Crippen molar-refractivity contribution in [1.82, 2.24) is 14.4 Å². The summed E-state index contributed by atoms with van der Waals surface area (Å²) in [6, 6.07) is 10.8. The van der Waals surface area contributed by atoms with E-state index < -0.39 is 0 Å². The van der Waals surface area contributed by atoms with Gasteiger partial charge in [-0.05, 0) is 55.0 Å². The number of carbonyl (C=O) groups excluding carboxylic acids is 2. The zero-order valence-electron chi connectivity index (χ0n) is 21.9. The topological polar surface area (TPSA) is 45.6 Å². The second kappa shape index (κ2) is 12.9. The van der Waals surface area contributed by atoms with Crippen LogP contribution in [0.15, 0.2) is 42.6 Å². The Labute approximate surface area is 210 Å². The van der Waals surface area contributed by atoms with Crippen molar-refractivity contribution in [2.45, 2.75) is 85.4 Å². The zero-order chi connectivity index (χ0) is 25.4. The number of aromatic nitrogens is 1. The molecule has 0 bridgehead atoms. The third-order valence-corrected chi connectivity index (χ3v) is 6.97. The largest absolute Gasteiger partial charge is 0.345 e. The van der Waals surface area contributed by atoms with Crippen LogP contribution in [0.4, 0.5) is 4.39 Å². The molecule has 192 valence electrons. The van der Waals surface area contributed by atoms with Crippen molar-refractivity contribution in [2.75, 3.05) is 13.1 Å². The van der Waals surface area contributed by atoms with Crippen LogP contribution in [-0.4, -0.2) is 45.3 Å². The summed E-state index contributed by atoms with van der Waals surface area (Å²) in [5, 5.41) is 0. The summed E-state index contributed by atoms with van der Waals surface area (Å²) >= 11 is 0. The third kappa shape index (κ3) is 7.94. The van der Waals surface area contributed by atoms with E-state index in [1.54, 1.807) is 17.0 Å². The van der Waals surface area contributed by atoms with Gasteiger partial charge in [0.25, 0.3) is 0 Å². The van der Waals surface area contributed by atoms with Crippen LogP contribution in [-0.2, 0) is 22.7 Å². The Bertz CT molecular complexity index is 945. The van der Waals surface area contributed by atoms with Gasteiger partial charge in [0, 0.05) is 36.9 Å². The first kappa shape index (κ1) is 27.0. The van der Waals surface area contributed by atoms with E-state index in [0.29, 0.717) is 25.6 Å². The molecule has 1 saturated carbocycles. The molecule has 0 spiro atoms. The van der Waals surface area contributed by atoms with Gasteiger partial charge < -0.3 is 14.4 Å². The van der Waals surface area contributed by atoms with E-state index >= 15 is 0 Å². The first-order valence-electron chi connectivity index (χ1n) is 13.2. The average Bonchev–Trinajstić information content (AvgIpc) is 3.27. The third-order valence-electron chi connectivity index (χ3n) is 6.97. The highest BCUT2D eigenvalue weighted by molar-refractivity contribution is 5.85. The maximum absolute atomic E-state index is 13.7. The lowest BCUT2D eigenvalue weighted by atomic mass is 9.94. The van der Waals surface area contributed by atoms with Crippen molar-refractivity contribution >= 4 is 11.8 Å². The van der Waals surface area contributed by atoms with Gasteiger partial charge in [-0.1, -0.05) is 59.1 Å². The highest BCUT2D eigenvalue weighted by Gasteiger charge is 2.29. The lowest BCUT2D eigenvalue weighted by Crippen LogP contribution is -2.48. The predicted octanol–water partition coefficient (Wildman–Crippen LogP) is 5.87. The first-order chi connectivity index (χ1) is 16.7. The summed E-state index contributed by atoms with van der Waals surface area (Å²) in [6.07, 6.45) is 8.39. The van der Waals surface area contributed by atoms with Crippen LogP contribution in [0.3, 0.4) is 0 Å². The molecule has 0 aliphatic heterocycles. The second-order valence-corrected chi connectivity index (χ2v) is 10.7. The number of benzene rings is 1. The first-order valence-corrected chi connectivity index (χ1v) is 13.2. The van der Waals surface area contributed by atoms with E-state index in [0.717, 1.165) is 43.4 Å². The summed E-state index contributed by atoms with van der Waals surface area (Å²) in [4.78, 5) is 30.4. The molecule has 1 fully saturated rings. The molecule has 3 rings (SSSR count). The molecule has 1 aromatic heterocycles. The molecule has 0 saturated heterocycles. The summed E-state index contributed by atoms with van der Waals surface area (Å²) < 4.78 is 15.5. The normalized spacial score (nSPS) is 14.5. The Morgan fingerprint density at radius 2 is 1.71 bits per heavy atom. The van der Waals surface area contributed by atoms with E-state index in [1.165, 1.54) is 18.6 Å². The highest BCUT2D eigenvalue weighted by atomic mass is 19.1. The van der Waals surface area contributed by atoms with Gasteiger partial charge in [0.2, 0.25) is 11.8 Å². The van der Waals surface area contributed by atoms with Crippen LogP contribution in [0.5, 0.6) is 0 Å². The van der Waals surface area contributed by atoms with Crippen LogP contribution >= 0.6 is 0 Å². The molecule has 2 amide bonds. The standard InChI is InChI=1S/C29H42FN3O2/c1-22(2)16-18-32(29(35)23(3)4)21-28(34)33(26-9-6-5-7-10-26)20-27-11-8-17-31(27)19-24-12-14-25(30)15-13-24/h8,11-15,17,22-23,26H,5-7,9-10,16,18-21H2,1-4H3. The van der Waals surface area contributed by atoms with Crippen LogP contribution < -0.4 is 0 Å². The minimum absolute atomic E-state index is 0.0317. The van der Waals surface area contributed by atoms with Crippen LogP contribution in [0.2, 0.25) is 0 Å². The lowest BCUT2D eigenvalue weighted by Gasteiger charge is -2.36. The predicted molar refractivity (Wildman–Crippen MR) is 138 cm³/mol. The summed E-state index contributed by atoms with van der Waals surface area (Å²) in [6.45, 7) is 9.98. The summed E-state index contributed by atoms with van der Waals surface area (Å²) in [5.41, 5.74) is 2.07. The van der Waals surface area contributed by atoms with Gasteiger partial charge in [0.15, 0.2) is 0 Å². The second-order valence-electron chi connectivity index (χ2n) is 10.7. The van der Waals surface area contributed by atoms with Crippen LogP contribution in [0.1, 0.15) is 77.5 Å². The minimum Gasteiger partial charge on any atom is -0.345 e. The highest BCUT2D eigenvalue weighted by Crippen LogP contribution is 2.25. The average molecular weight is 484 g/mol. The fourth-order valence-corrected chi connectivity index (χ4v) is 4.82. The van der Waals surface area contributed by atoms with Crippen molar-refractivity contribution in [3.8, 4) is 0 Å². The van der Waals surface area contributed by atoms with E-state index in [1.807, 2.05) is 31.0 Å². The number of carbonyl (C=O) groups is 2. The van der Waals surface area contributed by atoms with Crippen LogP contribution in [0.25, 0.3) is 0 Å². The Kier molecular flexibility index (Phi) is 9.93. The van der Waals surface area contributed by atoms with Gasteiger partial charge in [0.1, 0.15) is 5.82 Å². The Morgan fingerprint density at radius 3 is 2.34 bits per heavy atom. The summed E-state index contributed by atoms with van der Waals surface area (Å²) in [5.74, 6) is 0.169. The van der Waals surface area contributed by atoms with E-state index in [2.05, 4.69) is 24.5 Å². The van der Waals surface area contributed by atoms with E-state index in [9.17, 15) is 14.0 Å². The van der Waals surface area contributed by atoms with Crippen molar-refractivity contribution in [3.05, 3.63) is 59.7 Å². The van der Waals surface area contributed by atoms with Crippen molar-refractivity contribution in [1.29, 1.82) is 0 Å². The van der Waals surface area contributed by atoms with Gasteiger partial charge in [-0.25, -0.2) is 4.39 Å². The van der Waals surface area contributed by atoms with E-state index in [4.69, 9.17) is 0 Å². The fourth-order valence-electron chi connectivity index (χ4n) is 4.82. The zero-order valence-corrected chi connectivity index (χ0v) is 21.9. The van der Waals surface area contributed by atoms with Gasteiger partial charge in [0.05, 0.1) is 13.1 Å².